The Morgan fingerprint density at radius 3 is 2.48 bits per heavy atom. The molecule has 1 saturated carbocycles. The van der Waals surface area contributed by atoms with Crippen molar-refractivity contribution in [2.24, 2.45) is 18.4 Å². The quantitative estimate of drug-likeness (QED) is 0.120. The van der Waals surface area contributed by atoms with Crippen LogP contribution in [-0.2, 0) is 11.8 Å². The number of hydrogen-bond donors (Lipinski definition) is 1. The summed E-state index contributed by atoms with van der Waals surface area (Å²) in [7, 11) is 7.77. The monoisotopic (exact) mass is 764 g/mol. The van der Waals surface area contributed by atoms with E-state index in [1.165, 1.54) is 24.3 Å². The number of aromatic nitrogens is 4. The second-order valence-corrected chi connectivity index (χ2v) is 17.0. The molecule has 4 fully saturated rings. The number of benzene rings is 3. The third kappa shape index (κ3) is 6.60. The molecule has 0 amide bonds. The molecule has 5 heterocycles. The van der Waals surface area contributed by atoms with Crippen LogP contribution >= 0.6 is 0 Å². The maximum atomic E-state index is 17.8. The minimum Gasteiger partial charge on any atom is -0.508 e. The number of rotatable bonds is 13. The topological polar surface area (TPSA) is 95.3 Å². The lowest BCUT2D eigenvalue weighted by molar-refractivity contribution is 0.0474. The number of halogens is 2. The standard InChI is InChI=1S/C43H50F2N8O3/c1-6-31-34(44)11-8-27-16-30(54)17-32(35(27)31)36-38(45)40-37(33-23-50(4)48-39(33)36)41(53-28-9-10-29(53)22-51(21-28)14-7-15-55-5)47-42(46-40)56-25-43(12-13-43)24-52-19-26(20-52)18-49(2)3/h1,8,11,16-17,23,26,28-29,54H,7,9-10,12-15,18-22,24-25H2,2-5H3. The van der Waals surface area contributed by atoms with Gasteiger partial charge in [-0.15, -0.1) is 6.42 Å². The lowest BCUT2D eigenvalue weighted by atomic mass is 9.91. The summed E-state index contributed by atoms with van der Waals surface area (Å²) in [6.45, 7) is 8.05. The number of hydrogen-bond acceptors (Lipinski definition) is 10. The second kappa shape index (κ2) is 14.4. The minimum atomic E-state index is -0.655. The van der Waals surface area contributed by atoms with Crippen molar-refractivity contribution in [3.8, 4) is 35.2 Å². The van der Waals surface area contributed by atoms with Gasteiger partial charge in [0.1, 0.15) is 28.4 Å². The Bertz CT molecular complexity index is 2350. The number of anilines is 1. The summed E-state index contributed by atoms with van der Waals surface area (Å²) in [5, 5.41) is 17.7. The number of methoxy groups -OCH3 is 1. The first-order chi connectivity index (χ1) is 27.0. The minimum absolute atomic E-state index is 0.0154. The molecule has 294 valence electrons. The van der Waals surface area contributed by atoms with E-state index < -0.39 is 11.6 Å². The number of nitrogens with zero attached hydrogens (tertiary/aromatic N) is 8. The summed E-state index contributed by atoms with van der Waals surface area (Å²) in [5.74, 6) is 2.43. The third-order valence-electron chi connectivity index (χ3n) is 12.4. The molecule has 0 radical (unpaired) electrons. The number of piperazine rings is 1. The first kappa shape index (κ1) is 37.0. The van der Waals surface area contributed by atoms with E-state index in [0.717, 1.165) is 77.9 Å². The largest absolute Gasteiger partial charge is 0.508 e. The predicted molar refractivity (Wildman–Crippen MR) is 214 cm³/mol. The van der Waals surface area contributed by atoms with Crippen molar-refractivity contribution in [2.45, 2.75) is 44.2 Å². The highest BCUT2D eigenvalue weighted by Gasteiger charge is 2.47. The average molecular weight is 765 g/mol. The van der Waals surface area contributed by atoms with Gasteiger partial charge in [0.25, 0.3) is 0 Å². The van der Waals surface area contributed by atoms with Crippen molar-refractivity contribution >= 4 is 38.4 Å². The highest BCUT2D eigenvalue weighted by molar-refractivity contribution is 6.18. The Morgan fingerprint density at radius 2 is 1.79 bits per heavy atom. The lowest BCUT2D eigenvalue weighted by Crippen LogP contribution is -2.54. The number of aromatic hydroxyl groups is 1. The average Bonchev–Trinajstić information content (AvgIpc) is 3.73. The summed E-state index contributed by atoms with van der Waals surface area (Å²) in [4.78, 5) is 19.7. The Labute approximate surface area is 326 Å². The molecule has 56 heavy (non-hydrogen) atoms. The first-order valence-corrected chi connectivity index (χ1v) is 19.8. The van der Waals surface area contributed by atoms with Crippen molar-refractivity contribution in [1.29, 1.82) is 0 Å². The van der Waals surface area contributed by atoms with Crippen LogP contribution in [0.2, 0.25) is 0 Å². The summed E-state index contributed by atoms with van der Waals surface area (Å²) in [5.41, 5.74) is 0.764. The molecule has 2 atom stereocenters. The molecule has 2 aromatic heterocycles. The van der Waals surface area contributed by atoms with Gasteiger partial charge in [-0.3, -0.25) is 9.58 Å². The molecule has 9 rings (SSSR count). The van der Waals surface area contributed by atoms with E-state index in [1.807, 2.05) is 6.20 Å². The van der Waals surface area contributed by atoms with Gasteiger partial charge in [0.05, 0.1) is 17.6 Å². The van der Waals surface area contributed by atoms with Gasteiger partial charge in [0.2, 0.25) is 0 Å². The molecule has 2 unspecified atom stereocenters. The summed E-state index contributed by atoms with van der Waals surface area (Å²) in [6, 6.07) is 6.21. The van der Waals surface area contributed by atoms with E-state index in [2.05, 4.69) is 39.6 Å². The van der Waals surface area contributed by atoms with Crippen molar-refractivity contribution in [2.75, 3.05) is 85.1 Å². The molecule has 5 aromatic rings. The van der Waals surface area contributed by atoms with Gasteiger partial charge in [-0.25, -0.2) is 8.78 Å². The summed E-state index contributed by atoms with van der Waals surface area (Å²) in [6.07, 6.45) is 12.8. The number of phenolic OH excluding ortho intramolecular Hbond substituents is 1. The Hall–Kier alpha value is -4.61. The van der Waals surface area contributed by atoms with E-state index in [0.29, 0.717) is 52.0 Å². The van der Waals surface area contributed by atoms with Crippen LogP contribution < -0.4 is 9.64 Å². The van der Waals surface area contributed by atoms with Crippen LogP contribution in [-0.4, -0.2) is 132 Å². The molecule has 3 aliphatic heterocycles. The Balaban J connectivity index is 1.17. The second-order valence-electron chi connectivity index (χ2n) is 17.0. The fourth-order valence-corrected chi connectivity index (χ4v) is 9.78. The van der Waals surface area contributed by atoms with Gasteiger partial charge < -0.3 is 29.3 Å². The Morgan fingerprint density at radius 1 is 1.02 bits per heavy atom. The maximum Gasteiger partial charge on any atom is 0.319 e. The highest BCUT2D eigenvalue weighted by atomic mass is 19.1. The molecule has 13 heteroatoms. The van der Waals surface area contributed by atoms with Crippen LogP contribution in [0, 0.1) is 35.3 Å². The van der Waals surface area contributed by atoms with E-state index in [4.69, 9.17) is 31.0 Å². The third-order valence-corrected chi connectivity index (χ3v) is 12.4. The number of terminal acetylenes is 1. The maximum absolute atomic E-state index is 17.8. The van der Waals surface area contributed by atoms with E-state index >= 15 is 8.78 Å². The van der Waals surface area contributed by atoms with Crippen LogP contribution in [0.4, 0.5) is 14.6 Å². The highest BCUT2D eigenvalue weighted by Crippen LogP contribution is 2.49. The van der Waals surface area contributed by atoms with E-state index in [1.54, 1.807) is 18.8 Å². The number of likely N-dealkylation sites (tertiary alicyclic amines) is 2. The molecule has 1 N–H and O–H groups in total. The zero-order valence-corrected chi connectivity index (χ0v) is 32.7. The summed E-state index contributed by atoms with van der Waals surface area (Å²) >= 11 is 0. The van der Waals surface area contributed by atoms with E-state index in [9.17, 15) is 5.11 Å². The van der Waals surface area contributed by atoms with E-state index in [-0.39, 0.29) is 51.5 Å². The van der Waals surface area contributed by atoms with Crippen LogP contribution in [0.1, 0.15) is 37.7 Å². The van der Waals surface area contributed by atoms with Crippen molar-refractivity contribution in [1.82, 2.24) is 34.4 Å². The molecule has 11 nitrogen and oxygen atoms in total. The normalized spacial score (nSPS) is 21.1. The van der Waals surface area contributed by atoms with Crippen LogP contribution in [0.15, 0.2) is 30.5 Å². The fourth-order valence-electron chi connectivity index (χ4n) is 9.78. The SMILES string of the molecule is C#Cc1c(F)ccc2cc(O)cc(-c3c(F)c4nc(OCC5(CN6CC(CN(C)C)C6)CC5)nc(N5C6CCC5CN(CCCOC)C6)c4c4cn(C)nc34)c12. The van der Waals surface area contributed by atoms with Crippen molar-refractivity contribution < 1.29 is 23.4 Å². The zero-order chi connectivity index (χ0) is 38.9. The molecule has 0 spiro atoms. The summed E-state index contributed by atoms with van der Waals surface area (Å²) < 4.78 is 46.7. The van der Waals surface area contributed by atoms with Gasteiger partial charge in [-0.2, -0.15) is 15.1 Å². The molecule has 3 saturated heterocycles. The molecular weight excluding hydrogens is 715 g/mol. The van der Waals surface area contributed by atoms with Crippen LogP contribution in [0.25, 0.3) is 43.7 Å². The first-order valence-electron chi connectivity index (χ1n) is 19.8. The van der Waals surface area contributed by atoms with Gasteiger partial charge >= 0.3 is 6.01 Å². The molecule has 4 aliphatic rings. The van der Waals surface area contributed by atoms with Crippen LogP contribution in [0.5, 0.6) is 11.8 Å². The number of phenols is 1. The molecular formula is C43H50F2N8O3. The fraction of sp³-hybridized carbons (Fsp3) is 0.512. The molecule has 3 aromatic carbocycles. The lowest BCUT2D eigenvalue weighted by Gasteiger charge is -2.42. The Kier molecular flexibility index (Phi) is 9.51. The van der Waals surface area contributed by atoms with Crippen LogP contribution in [0.3, 0.4) is 0 Å². The van der Waals surface area contributed by atoms with Gasteiger partial charge in [-0.05, 0) is 81.3 Å². The van der Waals surface area contributed by atoms with Gasteiger partial charge in [0, 0.05) is 107 Å². The van der Waals surface area contributed by atoms with Crippen molar-refractivity contribution in [3.63, 3.8) is 0 Å². The molecule has 2 bridgehead atoms. The van der Waals surface area contributed by atoms with Crippen molar-refractivity contribution in [3.05, 3.63) is 47.7 Å². The smallest absolute Gasteiger partial charge is 0.319 e. The number of aryl methyl sites for hydroxylation is 1. The number of ether oxygens (including phenoxy) is 2. The molecule has 1 aliphatic carbocycles. The van der Waals surface area contributed by atoms with Gasteiger partial charge in [-0.1, -0.05) is 12.0 Å². The number of fused-ring (bicyclic) bond motifs is 6. The predicted octanol–water partition coefficient (Wildman–Crippen LogP) is 5.64. The zero-order valence-electron chi connectivity index (χ0n) is 32.7. The van der Waals surface area contributed by atoms with Gasteiger partial charge in [0.15, 0.2) is 5.82 Å².